The molecule has 5 rings (SSSR count). The van der Waals surface area contributed by atoms with Crippen molar-refractivity contribution in [2.75, 3.05) is 16.4 Å². The second-order valence-corrected chi connectivity index (χ2v) is 8.24. The summed E-state index contributed by atoms with van der Waals surface area (Å²) in [7, 11) is 1.92. The summed E-state index contributed by atoms with van der Waals surface area (Å²) in [6, 6.07) is 13.2. The first-order valence-corrected chi connectivity index (χ1v) is 10.8. The van der Waals surface area contributed by atoms with Crippen LogP contribution in [0, 0.1) is 5.41 Å². The van der Waals surface area contributed by atoms with E-state index in [1.165, 1.54) is 5.57 Å². The van der Waals surface area contributed by atoms with E-state index in [1.807, 2.05) is 43.7 Å². The predicted molar refractivity (Wildman–Crippen MR) is 132 cm³/mol. The number of halogens is 1. The second-order valence-electron chi connectivity index (χ2n) is 7.86. The molecule has 1 aliphatic rings. The van der Waals surface area contributed by atoms with Crippen molar-refractivity contribution >= 4 is 46.4 Å². The summed E-state index contributed by atoms with van der Waals surface area (Å²) in [5.74, 6) is 1.11. The smallest absolute Gasteiger partial charge is 0.174 e. The van der Waals surface area contributed by atoms with Crippen LogP contribution < -0.4 is 16.4 Å². The van der Waals surface area contributed by atoms with Crippen molar-refractivity contribution in [1.82, 2.24) is 14.9 Å². The van der Waals surface area contributed by atoms with E-state index < -0.39 is 0 Å². The van der Waals surface area contributed by atoms with Crippen LogP contribution in [-0.2, 0) is 7.05 Å². The molecule has 0 saturated heterocycles. The predicted octanol–water partition coefficient (Wildman–Crippen LogP) is 5.67. The van der Waals surface area contributed by atoms with Crippen LogP contribution in [0.3, 0.4) is 0 Å². The first kappa shape index (κ1) is 20.8. The maximum atomic E-state index is 7.51. The minimum absolute atomic E-state index is 0.358. The van der Waals surface area contributed by atoms with Crippen LogP contribution in [0.4, 0.5) is 22.9 Å². The largest absolute Gasteiger partial charge is 0.398 e. The van der Waals surface area contributed by atoms with Gasteiger partial charge in [-0.3, -0.25) is 4.68 Å². The minimum atomic E-state index is 0.358. The van der Waals surface area contributed by atoms with Gasteiger partial charge in [0, 0.05) is 59.3 Å². The molecule has 0 bridgehead atoms. The third-order valence-electron chi connectivity index (χ3n) is 5.39. The van der Waals surface area contributed by atoms with Gasteiger partial charge in [-0.15, -0.1) is 0 Å². The summed E-state index contributed by atoms with van der Waals surface area (Å²) in [6.07, 6.45) is 7.21. The zero-order chi connectivity index (χ0) is 22.9. The number of nitrogen functional groups attached to an aromatic ring is 1. The molecule has 0 aliphatic heterocycles. The van der Waals surface area contributed by atoms with Crippen LogP contribution in [0.1, 0.15) is 24.0 Å². The number of hydrogen-bond acceptors (Lipinski definition) is 7. The lowest BCUT2D eigenvalue weighted by atomic mass is 10.1. The summed E-state index contributed by atoms with van der Waals surface area (Å²) < 4.78 is 7.38. The molecular weight excluding hydrogens is 438 g/mol. The fraction of sp³-hybridized carbons (Fsp3) is 0.125. The fourth-order valence-electron chi connectivity index (χ4n) is 3.58. The molecule has 1 saturated carbocycles. The Morgan fingerprint density at radius 1 is 1.24 bits per heavy atom. The average molecular weight is 460 g/mol. The first-order valence-electron chi connectivity index (χ1n) is 10.4. The number of allylic oxidation sites excluding steroid dienone is 1. The van der Waals surface area contributed by atoms with Crippen LogP contribution >= 0.6 is 11.6 Å². The number of aryl methyl sites for hydroxylation is 1. The molecule has 2 heterocycles. The summed E-state index contributed by atoms with van der Waals surface area (Å²) in [6.45, 7) is 0. The number of nitrogens with two attached hydrogens (primary N) is 1. The number of hydrogen-bond donors (Lipinski definition) is 4. The van der Waals surface area contributed by atoms with E-state index in [4.69, 9.17) is 27.3 Å². The normalized spacial score (nSPS) is 12.5. The lowest BCUT2D eigenvalue weighted by Gasteiger charge is -2.10. The number of nitrogens with zero attached hydrogens (tertiary/aromatic N) is 3. The molecule has 2 aromatic heterocycles. The topological polar surface area (TPSA) is 118 Å². The molecule has 0 amide bonds. The maximum absolute atomic E-state index is 7.51. The highest BCUT2D eigenvalue weighted by molar-refractivity contribution is 6.36. The highest BCUT2D eigenvalue weighted by atomic mass is 35.5. The number of benzene rings is 2. The second kappa shape index (κ2) is 8.48. The van der Waals surface area contributed by atoms with E-state index in [-0.39, 0.29) is 0 Å². The molecule has 9 heteroatoms. The van der Waals surface area contributed by atoms with E-state index in [0.29, 0.717) is 33.5 Å². The highest BCUT2D eigenvalue weighted by Crippen LogP contribution is 2.37. The average Bonchev–Trinajstić information content (AvgIpc) is 3.39. The summed E-state index contributed by atoms with van der Waals surface area (Å²) in [4.78, 5) is 0. The molecule has 2 aromatic carbocycles. The Kier molecular flexibility index (Phi) is 5.35. The monoisotopic (exact) mass is 459 g/mol. The van der Waals surface area contributed by atoms with Crippen molar-refractivity contribution in [3.8, 4) is 11.3 Å². The molecule has 5 N–H and O–H groups in total. The molecule has 0 unspecified atom stereocenters. The van der Waals surface area contributed by atoms with Gasteiger partial charge in [0.15, 0.2) is 11.6 Å². The third-order valence-corrected chi connectivity index (χ3v) is 5.80. The summed E-state index contributed by atoms with van der Waals surface area (Å²) in [5.41, 5.74) is 12.8. The Bertz CT molecular complexity index is 1380. The molecule has 8 nitrogen and oxygen atoms in total. The summed E-state index contributed by atoms with van der Waals surface area (Å²) in [5, 5.41) is 23.0. The Hall–Kier alpha value is -4.04. The number of rotatable bonds is 7. The van der Waals surface area contributed by atoms with Gasteiger partial charge in [0.1, 0.15) is 0 Å². The van der Waals surface area contributed by atoms with E-state index in [0.717, 1.165) is 41.6 Å². The van der Waals surface area contributed by atoms with E-state index in [9.17, 15) is 0 Å². The van der Waals surface area contributed by atoms with E-state index >= 15 is 0 Å². The van der Waals surface area contributed by atoms with E-state index in [1.54, 1.807) is 22.9 Å². The molecular formula is C24H22ClN7O. The third kappa shape index (κ3) is 4.33. The first-order chi connectivity index (χ1) is 16.0. The lowest BCUT2D eigenvalue weighted by Crippen LogP contribution is -1.98. The zero-order valence-corrected chi connectivity index (χ0v) is 18.6. The Balaban J connectivity index is 1.37. The van der Waals surface area contributed by atoms with Crippen LogP contribution in [0.5, 0.6) is 0 Å². The molecule has 1 aliphatic carbocycles. The number of nitrogens with one attached hydrogen (secondary N) is 3. The van der Waals surface area contributed by atoms with Gasteiger partial charge in [0.25, 0.3) is 0 Å². The lowest BCUT2D eigenvalue weighted by molar-refractivity contribution is 0.435. The standard InChI is InChI=1S/C24H22ClN7O/c1-32-13-16(12-28-32)24(14-5-6-14)29-17-4-2-3-15(9-17)21-10-22(31-33-21)30-20-8-7-19(27)18(11-26)23(20)25/h2-4,7-13,26,29H,5-6,27H2,1H3,(H,30,31). The van der Waals surface area contributed by atoms with Crippen LogP contribution in [0.2, 0.25) is 5.02 Å². The Morgan fingerprint density at radius 2 is 2.09 bits per heavy atom. The number of anilines is 4. The molecule has 33 heavy (non-hydrogen) atoms. The van der Waals surface area contributed by atoms with E-state index in [2.05, 4.69) is 20.9 Å². The quantitative estimate of drug-likeness (QED) is 0.209. The van der Waals surface area contributed by atoms with Gasteiger partial charge in [-0.05, 0) is 42.7 Å². The summed E-state index contributed by atoms with van der Waals surface area (Å²) >= 11 is 6.37. The van der Waals surface area contributed by atoms with Crippen LogP contribution in [0.15, 0.2) is 65.0 Å². The molecule has 166 valence electrons. The van der Waals surface area contributed by atoms with Crippen LogP contribution in [0.25, 0.3) is 17.0 Å². The van der Waals surface area contributed by atoms with Crippen molar-refractivity contribution < 1.29 is 4.52 Å². The van der Waals surface area contributed by atoms with Gasteiger partial charge in [-0.1, -0.05) is 28.9 Å². The van der Waals surface area contributed by atoms with Gasteiger partial charge in [-0.25, -0.2) is 0 Å². The van der Waals surface area contributed by atoms with Gasteiger partial charge in [0.05, 0.1) is 16.9 Å². The molecule has 1 fully saturated rings. The number of aromatic nitrogens is 3. The fourth-order valence-corrected chi connectivity index (χ4v) is 3.86. The highest BCUT2D eigenvalue weighted by Gasteiger charge is 2.20. The molecule has 4 aromatic rings. The van der Waals surface area contributed by atoms with Gasteiger partial charge < -0.3 is 26.3 Å². The van der Waals surface area contributed by atoms with Gasteiger partial charge >= 0.3 is 0 Å². The Morgan fingerprint density at radius 3 is 2.82 bits per heavy atom. The van der Waals surface area contributed by atoms with Gasteiger partial charge in [0.2, 0.25) is 0 Å². The Labute approximate surface area is 195 Å². The molecule has 0 spiro atoms. The minimum Gasteiger partial charge on any atom is -0.398 e. The van der Waals surface area contributed by atoms with Crippen molar-refractivity contribution in [2.24, 2.45) is 7.05 Å². The molecule has 0 radical (unpaired) electrons. The van der Waals surface area contributed by atoms with Crippen molar-refractivity contribution in [3.05, 3.63) is 76.6 Å². The SMILES string of the molecule is Cn1cc(C(Nc2cccc(-c3cc(Nc4ccc(N)c(C=N)c4Cl)no3)c2)=C2CC2)cn1. The van der Waals surface area contributed by atoms with Crippen molar-refractivity contribution in [2.45, 2.75) is 12.8 Å². The zero-order valence-electron chi connectivity index (χ0n) is 17.9. The van der Waals surface area contributed by atoms with Crippen molar-refractivity contribution in [1.29, 1.82) is 5.41 Å². The molecule has 0 atom stereocenters. The van der Waals surface area contributed by atoms with Crippen LogP contribution in [-0.4, -0.2) is 21.2 Å². The van der Waals surface area contributed by atoms with Crippen molar-refractivity contribution in [3.63, 3.8) is 0 Å². The van der Waals surface area contributed by atoms with Gasteiger partial charge in [-0.2, -0.15) is 5.10 Å². The maximum Gasteiger partial charge on any atom is 0.174 e.